The second-order valence-corrected chi connectivity index (χ2v) is 3.99. The van der Waals surface area contributed by atoms with E-state index in [4.69, 9.17) is 21.6 Å². The van der Waals surface area contributed by atoms with Crippen LogP contribution in [0.25, 0.3) is 0 Å². The lowest BCUT2D eigenvalue weighted by Gasteiger charge is -2.19. The van der Waals surface area contributed by atoms with Crippen molar-refractivity contribution in [2.75, 3.05) is 6.61 Å². The fourth-order valence-electron chi connectivity index (χ4n) is 1.35. The van der Waals surface area contributed by atoms with Gasteiger partial charge in [-0.3, -0.25) is 4.79 Å². The maximum absolute atomic E-state index is 11.5. The molecule has 1 aliphatic heterocycles. The summed E-state index contributed by atoms with van der Waals surface area (Å²) in [5, 5.41) is 0. The first-order valence-electron chi connectivity index (χ1n) is 5.10. The van der Waals surface area contributed by atoms with E-state index >= 15 is 0 Å². The zero-order chi connectivity index (χ0) is 11.4. The molecule has 0 amide bonds. The Hall–Kier alpha value is -1.05. The SMILES string of the molecule is C#CC1OCCC1OC(=O)C(N)C(C)C. The zero-order valence-corrected chi connectivity index (χ0v) is 9.10. The number of ether oxygens (including phenoxy) is 2. The smallest absolute Gasteiger partial charge is 0.323 e. The molecule has 0 radical (unpaired) electrons. The van der Waals surface area contributed by atoms with E-state index in [-0.39, 0.29) is 12.0 Å². The molecule has 0 aromatic heterocycles. The monoisotopic (exact) mass is 211 g/mol. The van der Waals surface area contributed by atoms with Crippen LogP contribution in [0.3, 0.4) is 0 Å². The number of carbonyl (C=O) groups is 1. The minimum absolute atomic E-state index is 0.0594. The number of carbonyl (C=O) groups excluding carboxylic acids is 1. The molecule has 1 heterocycles. The van der Waals surface area contributed by atoms with Gasteiger partial charge in [0, 0.05) is 6.42 Å². The molecule has 4 nitrogen and oxygen atoms in total. The predicted molar refractivity (Wildman–Crippen MR) is 55.9 cm³/mol. The molecular weight excluding hydrogens is 194 g/mol. The molecule has 0 spiro atoms. The number of esters is 1. The maximum Gasteiger partial charge on any atom is 0.323 e. The Balaban J connectivity index is 2.48. The van der Waals surface area contributed by atoms with Gasteiger partial charge in [0.2, 0.25) is 0 Å². The summed E-state index contributed by atoms with van der Waals surface area (Å²) in [6.45, 7) is 4.27. The summed E-state index contributed by atoms with van der Waals surface area (Å²) in [6, 6.07) is -0.593. The number of nitrogens with two attached hydrogens (primary N) is 1. The van der Waals surface area contributed by atoms with Crippen LogP contribution in [-0.2, 0) is 14.3 Å². The van der Waals surface area contributed by atoms with Crippen LogP contribution >= 0.6 is 0 Å². The zero-order valence-electron chi connectivity index (χ0n) is 9.10. The number of hydrogen-bond acceptors (Lipinski definition) is 4. The first-order chi connectivity index (χ1) is 7.06. The average molecular weight is 211 g/mol. The van der Waals surface area contributed by atoms with Gasteiger partial charge in [-0.2, -0.15) is 0 Å². The summed E-state index contributed by atoms with van der Waals surface area (Å²) in [6.07, 6.45) is 5.12. The molecule has 0 aromatic carbocycles. The van der Waals surface area contributed by atoms with E-state index in [0.29, 0.717) is 13.0 Å². The molecule has 2 N–H and O–H groups in total. The lowest BCUT2D eigenvalue weighted by atomic mass is 10.1. The maximum atomic E-state index is 11.5. The highest BCUT2D eigenvalue weighted by Crippen LogP contribution is 2.17. The Kier molecular flexibility index (Phi) is 4.13. The molecule has 0 saturated carbocycles. The molecule has 3 atom stereocenters. The quantitative estimate of drug-likeness (QED) is 0.539. The van der Waals surface area contributed by atoms with Crippen LogP contribution in [0.15, 0.2) is 0 Å². The summed E-state index contributed by atoms with van der Waals surface area (Å²) >= 11 is 0. The normalized spacial score (nSPS) is 27.4. The van der Waals surface area contributed by atoms with E-state index < -0.39 is 18.1 Å². The molecule has 84 valence electrons. The summed E-state index contributed by atoms with van der Waals surface area (Å²) in [5.41, 5.74) is 5.66. The van der Waals surface area contributed by atoms with E-state index in [1.54, 1.807) is 0 Å². The third-order valence-electron chi connectivity index (χ3n) is 2.46. The van der Waals surface area contributed by atoms with Crippen molar-refractivity contribution < 1.29 is 14.3 Å². The number of rotatable bonds is 3. The van der Waals surface area contributed by atoms with E-state index in [9.17, 15) is 4.79 Å². The Morgan fingerprint density at radius 2 is 2.33 bits per heavy atom. The number of hydrogen-bond donors (Lipinski definition) is 1. The third kappa shape index (κ3) is 2.95. The summed E-state index contributed by atoms with van der Waals surface area (Å²) in [4.78, 5) is 11.5. The lowest BCUT2D eigenvalue weighted by Crippen LogP contribution is -2.40. The minimum atomic E-state index is -0.593. The Morgan fingerprint density at radius 3 is 2.87 bits per heavy atom. The van der Waals surface area contributed by atoms with Crippen molar-refractivity contribution in [2.45, 2.75) is 38.5 Å². The molecule has 0 bridgehead atoms. The minimum Gasteiger partial charge on any atom is -0.457 e. The van der Waals surface area contributed by atoms with Crippen LogP contribution in [-0.4, -0.2) is 30.8 Å². The predicted octanol–water partition coefficient (Wildman–Crippen LogP) is 0.304. The van der Waals surface area contributed by atoms with Gasteiger partial charge >= 0.3 is 5.97 Å². The molecule has 1 fully saturated rings. The van der Waals surface area contributed by atoms with Gasteiger partial charge in [-0.1, -0.05) is 19.8 Å². The Labute approximate surface area is 90.1 Å². The van der Waals surface area contributed by atoms with Gasteiger partial charge < -0.3 is 15.2 Å². The van der Waals surface area contributed by atoms with E-state index in [1.165, 1.54) is 0 Å². The summed E-state index contributed by atoms with van der Waals surface area (Å²) in [5.74, 6) is 2.10. The van der Waals surface area contributed by atoms with Crippen LogP contribution in [0, 0.1) is 18.3 Å². The molecule has 1 saturated heterocycles. The first-order valence-corrected chi connectivity index (χ1v) is 5.10. The molecule has 15 heavy (non-hydrogen) atoms. The molecule has 0 aliphatic carbocycles. The highest BCUT2D eigenvalue weighted by Gasteiger charge is 2.32. The van der Waals surface area contributed by atoms with Gasteiger partial charge in [-0.15, -0.1) is 6.42 Å². The van der Waals surface area contributed by atoms with Crippen molar-refractivity contribution in [3.8, 4) is 12.3 Å². The molecule has 1 rings (SSSR count). The van der Waals surface area contributed by atoms with Gasteiger partial charge in [0.25, 0.3) is 0 Å². The fourth-order valence-corrected chi connectivity index (χ4v) is 1.35. The summed E-state index contributed by atoms with van der Waals surface area (Å²) < 4.78 is 10.4. The van der Waals surface area contributed by atoms with Crippen molar-refractivity contribution >= 4 is 5.97 Å². The molecule has 1 aliphatic rings. The lowest BCUT2D eigenvalue weighted by molar-refractivity contribution is -0.153. The van der Waals surface area contributed by atoms with Crippen molar-refractivity contribution in [1.82, 2.24) is 0 Å². The van der Waals surface area contributed by atoms with Gasteiger partial charge in [-0.25, -0.2) is 0 Å². The van der Waals surface area contributed by atoms with Crippen LogP contribution < -0.4 is 5.73 Å². The van der Waals surface area contributed by atoms with Gasteiger partial charge in [0.15, 0.2) is 6.10 Å². The van der Waals surface area contributed by atoms with Crippen LogP contribution in [0.1, 0.15) is 20.3 Å². The molecule has 0 aromatic rings. The van der Waals surface area contributed by atoms with Gasteiger partial charge in [0.05, 0.1) is 6.61 Å². The van der Waals surface area contributed by atoms with Crippen LogP contribution in [0.2, 0.25) is 0 Å². The largest absolute Gasteiger partial charge is 0.457 e. The highest BCUT2D eigenvalue weighted by atomic mass is 16.6. The fraction of sp³-hybridized carbons (Fsp3) is 0.727. The number of terminal acetylenes is 1. The van der Waals surface area contributed by atoms with Gasteiger partial charge in [-0.05, 0) is 5.92 Å². The Morgan fingerprint density at radius 1 is 1.67 bits per heavy atom. The van der Waals surface area contributed by atoms with E-state index in [2.05, 4.69) is 5.92 Å². The third-order valence-corrected chi connectivity index (χ3v) is 2.46. The van der Waals surface area contributed by atoms with E-state index in [1.807, 2.05) is 13.8 Å². The van der Waals surface area contributed by atoms with Crippen LogP contribution in [0.5, 0.6) is 0 Å². The Bertz CT molecular complexity index is 269. The van der Waals surface area contributed by atoms with Gasteiger partial charge in [0.1, 0.15) is 12.1 Å². The second kappa shape index (κ2) is 5.15. The van der Waals surface area contributed by atoms with E-state index in [0.717, 1.165) is 0 Å². The van der Waals surface area contributed by atoms with Crippen molar-refractivity contribution in [2.24, 2.45) is 11.7 Å². The molecule has 3 unspecified atom stereocenters. The second-order valence-electron chi connectivity index (χ2n) is 3.99. The topological polar surface area (TPSA) is 61.5 Å². The molecule has 4 heteroatoms. The highest BCUT2D eigenvalue weighted by molar-refractivity contribution is 5.76. The average Bonchev–Trinajstić information content (AvgIpc) is 2.63. The standard InChI is InChI=1S/C11H17NO3/c1-4-8-9(5-6-14-8)15-11(13)10(12)7(2)3/h1,7-10H,5-6,12H2,2-3H3. The van der Waals surface area contributed by atoms with Crippen LogP contribution in [0.4, 0.5) is 0 Å². The summed E-state index contributed by atoms with van der Waals surface area (Å²) in [7, 11) is 0. The first kappa shape index (κ1) is 12.0. The van der Waals surface area contributed by atoms with Crippen molar-refractivity contribution in [1.29, 1.82) is 0 Å². The molecular formula is C11H17NO3. The van der Waals surface area contributed by atoms with Crippen molar-refractivity contribution in [3.63, 3.8) is 0 Å². The van der Waals surface area contributed by atoms with Crippen molar-refractivity contribution in [3.05, 3.63) is 0 Å².